The van der Waals surface area contributed by atoms with Gasteiger partial charge in [0.05, 0.1) is 14.2 Å². The van der Waals surface area contributed by atoms with Crippen molar-refractivity contribution in [3.63, 3.8) is 0 Å². The third-order valence-electron chi connectivity index (χ3n) is 2.90. The first kappa shape index (κ1) is 14.2. The highest BCUT2D eigenvalue weighted by Crippen LogP contribution is 2.17. The maximum Gasteiger partial charge on any atom is 0.320 e. The van der Waals surface area contributed by atoms with Crippen LogP contribution in [0.15, 0.2) is 18.2 Å². The third-order valence-corrected chi connectivity index (χ3v) is 2.90. The van der Waals surface area contributed by atoms with E-state index in [1.807, 2.05) is 32.0 Å². The van der Waals surface area contributed by atoms with Gasteiger partial charge in [0, 0.05) is 0 Å². The molecule has 0 aliphatic carbocycles. The summed E-state index contributed by atoms with van der Waals surface area (Å²) in [7, 11) is 2.53. The van der Waals surface area contributed by atoms with Gasteiger partial charge in [0.1, 0.15) is 0 Å². The molecule has 98 valence electrons. The SMILES string of the molecule is COC(=O)C(Cc1cc(C)ccc1C)C(=O)OC. The van der Waals surface area contributed by atoms with Crippen LogP contribution in [-0.2, 0) is 25.5 Å². The summed E-state index contributed by atoms with van der Waals surface area (Å²) in [5.74, 6) is -2.04. The number of benzene rings is 1. The maximum atomic E-state index is 11.6. The summed E-state index contributed by atoms with van der Waals surface area (Å²) in [6, 6.07) is 5.93. The van der Waals surface area contributed by atoms with Crippen molar-refractivity contribution in [1.82, 2.24) is 0 Å². The topological polar surface area (TPSA) is 52.6 Å². The smallest absolute Gasteiger partial charge is 0.320 e. The van der Waals surface area contributed by atoms with Crippen LogP contribution in [0.1, 0.15) is 16.7 Å². The predicted octanol–water partition coefficient (Wildman–Crippen LogP) is 1.81. The van der Waals surface area contributed by atoms with Crippen molar-refractivity contribution in [2.45, 2.75) is 20.3 Å². The van der Waals surface area contributed by atoms with E-state index in [-0.39, 0.29) is 0 Å². The van der Waals surface area contributed by atoms with E-state index in [0.29, 0.717) is 6.42 Å². The number of rotatable bonds is 4. The Morgan fingerprint density at radius 2 is 1.67 bits per heavy atom. The van der Waals surface area contributed by atoms with Gasteiger partial charge in [0.15, 0.2) is 5.92 Å². The van der Waals surface area contributed by atoms with Gasteiger partial charge >= 0.3 is 11.9 Å². The van der Waals surface area contributed by atoms with E-state index in [2.05, 4.69) is 9.47 Å². The summed E-state index contributed by atoms with van der Waals surface area (Å²) in [5, 5.41) is 0. The Bertz CT molecular complexity index is 435. The molecule has 1 aromatic rings. The molecule has 0 bridgehead atoms. The number of hydrogen-bond acceptors (Lipinski definition) is 4. The van der Waals surface area contributed by atoms with Crippen molar-refractivity contribution >= 4 is 11.9 Å². The second-order valence-corrected chi connectivity index (χ2v) is 4.23. The average molecular weight is 250 g/mol. The maximum absolute atomic E-state index is 11.6. The normalized spacial score (nSPS) is 10.3. The number of esters is 2. The number of methoxy groups -OCH3 is 2. The second kappa shape index (κ2) is 6.19. The molecular weight excluding hydrogens is 232 g/mol. The first-order valence-electron chi connectivity index (χ1n) is 5.71. The summed E-state index contributed by atoms with van der Waals surface area (Å²) < 4.78 is 9.28. The molecule has 1 rings (SSSR count). The zero-order valence-electron chi connectivity index (χ0n) is 11.1. The van der Waals surface area contributed by atoms with Crippen LogP contribution in [0.25, 0.3) is 0 Å². The van der Waals surface area contributed by atoms with Crippen LogP contribution in [0, 0.1) is 19.8 Å². The van der Waals surface area contributed by atoms with Crippen molar-refractivity contribution in [3.8, 4) is 0 Å². The summed E-state index contributed by atoms with van der Waals surface area (Å²) in [6.07, 6.45) is 0.298. The van der Waals surface area contributed by atoms with Gasteiger partial charge in [0.2, 0.25) is 0 Å². The Balaban J connectivity index is 2.99. The lowest BCUT2D eigenvalue weighted by Crippen LogP contribution is -2.28. The number of carbonyl (C=O) groups is 2. The van der Waals surface area contributed by atoms with Gasteiger partial charge in [-0.25, -0.2) is 0 Å². The Hall–Kier alpha value is -1.84. The van der Waals surface area contributed by atoms with Gasteiger partial charge in [-0.1, -0.05) is 23.8 Å². The van der Waals surface area contributed by atoms with E-state index in [1.54, 1.807) is 0 Å². The lowest BCUT2D eigenvalue weighted by atomic mass is 9.95. The van der Waals surface area contributed by atoms with Gasteiger partial charge in [0.25, 0.3) is 0 Å². The molecule has 1 aromatic carbocycles. The van der Waals surface area contributed by atoms with E-state index in [1.165, 1.54) is 14.2 Å². The molecule has 4 heteroatoms. The van der Waals surface area contributed by atoms with Crippen LogP contribution in [-0.4, -0.2) is 26.2 Å². The fourth-order valence-electron chi connectivity index (χ4n) is 1.79. The molecule has 0 amide bonds. The highest BCUT2D eigenvalue weighted by atomic mass is 16.5. The van der Waals surface area contributed by atoms with E-state index >= 15 is 0 Å². The van der Waals surface area contributed by atoms with Crippen LogP contribution in [0.2, 0.25) is 0 Å². The Morgan fingerprint density at radius 1 is 1.11 bits per heavy atom. The Kier molecular flexibility index (Phi) is 4.89. The monoisotopic (exact) mass is 250 g/mol. The Morgan fingerprint density at radius 3 is 2.17 bits per heavy atom. The number of aryl methyl sites for hydroxylation is 2. The van der Waals surface area contributed by atoms with E-state index in [4.69, 9.17) is 0 Å². The summed E-state index contributed by atoms with van der Waals surface area (Å²) in [6.45, 7) is 3.91. The van der Waals surface area contributed by atoms with E-state index in [9.17, 15) is 9.59 Å². The molecule has 4 nitrogen and oxygen atoms in total. The number of ether oxygens (including phenoxy) is 2. The minimum absolute atomic E-state index is 0.298. The molecule has 0 aromatic heterocycles. The largest absolute Gasteiger partial charge is 0.468 e. The lowest BCUT2D eigenvalue weighted by Gasteiger charge is -2.14. The van der Waals surface area contributed by atoms with Crippen molar-refractivity contribution in [3.05, 3.63) is 34.9 Å². The lowest BCUT2D eigenvalue weighted by molar-refractivity contribution is -0.158. The number of carbonyl (C=O) groups excluding carboxylic acids is 2. The standard InChI is InChI=1S/C14H18O4/c1-9-5-6-10(2)11(7-9)8-12(13(15)17-3)14(16)18-4/h5-7,12H,8H2,1-4H3. The molecule has 0 heterocycles. The van der Waals surface area contributed by atoms with Crippen LogP contribution in [0.5, 0.6) is 0 Å². The van der Waals surface area contributed by atoms with Gasteiger partial charge < -0.3 is 9.47 Å². The molecule has 0 aliphatic rings. The predicted molar refractivity (Wildman–Crippen MR) is 67.1 cm³/mol. The first-order valence-corrected chi connectivity index (χ1v) is 5.71. The molecule has 0 fully saturated rings. The van der Waals surface area contributed by atoms with Crippen LogP contribution in [0.3, 0.4) is 0 Å². The van der Waals surface area contributed by atoms with Gasteiger partial charge in [-0.3, -0.25) is 9.59 Å². The van der Waals surface area contributed by atoms with E-state index < -0.39 is 17.9 Å². The molecule has 0 saturated heterocycles. The molecule has 0 spiro atoms. The minimum Gasteiger partial charge on any atom is -0.468 e. The van der Waals surface area contributed by atoms with Crippen molar-refractivity contribution in [1.29, 1.82) is 0 Å². The van der Waals surface area contributed by atoms with Gasteiger partial charge in [-0.05, 0) is 31.4 Å². The molecular formula is C14H18O4. The van der Waals surface area contributed by atoms with Gasteiger partial charge in [-0.2, -0.15) is 0 Å². The van der Waals surface area contributed by atoms with Crippen LogP contribution >= 0.6 is 0 Å². The first-order chi connectivity index (χ1) is 8.49. The van der Waals surface area contributed by atoms with Gasteiger partial charge in [-0.15, -0.1) is 0 Å². The zero-order chi connectivity index (χ0) is 13.7. The summed E-state index contributed by atoms with van der Waals surface area (Å²) >= 11 is 0. The van der Waals surface area contributed by atoms with E-state index in [0.717, 1.165) is 16.7 Å². The van der Waals surface area contributed by atoms with Crippen LogP contribution in [0.4, 0.5) is 0 Å². The summed E-state index contributed by atoms with van der Waals surface area (Å²) in [5.41, 5.74) is 3.08. The van der Waals surface area contributed by atoms with Crippen molar-refractivity contribution < 1.29 is 19.1 Å². The summed E-state index contributed by atoms with van der Waals surface area (Å²) in [4.78, 5) is 23.2. The fraction of sp³-hybridized carbons (Fsp3) is 0.429. The quantitative estimate of drug-likeness (QED) is 0.604. The molecule has 18 heavy (non-hydrogen) atoms. The molecule has 0 radical (unpaired) electrons. The molecule has 0 saturated carbocycles. The molecule has 0 N–H and O–H groups in total. The van der Waals surface area contributed by atoms with Crippen molar-refractivity contribution in [2.75, 3.05) is 14.2 Å². The van der Waals surface area contributed by atoms with Crippen LogP contribution < -0.4 is 0 Å². The highest BCUT2D eigenvalue weighted by molar-refractivity contribution is 5.95. The molecule has 0 aliphatic heterocycles. The third kappa shape index (κ3) is 3.32. The zero-order valence-corrected chi connectivity index (χ0v) is 11.1. The Labute approximate surface area is 107 Å². The van der Waals surface area contributed by atoms with Crippen molar-refractivity contribution in [2.24, 2.45) is 5.92 Å². The second-order valence-electron chi connectivity index (χ2n) is 4.23. The highest BCUT2D eigenvalue weighted by Gasteiger charge is 2.29. The minimum atomic E-state index is -0.902. The average Bonchev–Trinajstić information content (AvgIpc) is 2.38. The fourth-order valence-corrected chi connectivity index (χ4v) is 1.79. The molecule has 0 unspecified atom stereocenters. The number of hydrogen-bond donors (Lipinski definition) is 0. The molecule has 0 atom stereocenters.